The first-order valence-electron chi connectivity index (χ1n) is 12.9. The molecule has 2 amide bonds. The SMILES string of the molecule is CC(C)(C)[Si](C)(C)OCC[C@H](NC(=O)CC(c1ccccc1)(c1ccccc1)c1ccccc1)C(N)=O. The monoisotopic (exact) mass is 516 g/mol. The van der Waals surface area contributed by atoms with Crippen molar-refractivity contribution in [2.45, 2.75) is 63.2 Å². The van der Waals surface area contributed by atoms with Crippen LogP contribution in [0.4, 0.5) is 0 Å². The predicted molar refractivity (Wildman–Crippen MR) is 153 cm³/mol. The van der Waals surface area contributed by atoms with Gasteiger partial charge in [-0.05, 0) is 41.2 Å². The lowest BCUT2D eigenvalue weighted by atomic mass is 9.67. The summed E-state index contributed by atoms with van der Waals surface area (Å²) in [6.45, 7) is 11.2. The molecule has 0 aliphatic heterocycles. The quantitative estimate of drug-likeness (QED) is 0.250. The van der Waals surface area contributed by atoms with Crippen LogP contribution in [0.3, 0.4) is 0 Å². The fraction of sp³-hybridized carbons (Fsp3) is 0.355. The Morgan fingerprint density at radius 2 is 1.22 bits per heavy atom. The van der Waals surface area contributed by atoms with Crippen molar-refractivity contribution < 1.29 is 14.0 Å². The summed E-state index contributed by atoms with van der Waals surface area (Å²) in [7, 11) is -1.98. The van der Waals surface area contributed by atoms with Crippen molar-refractivity contribution in [1.82, 2.24) is 5.32 Å². The topological polar surface area (TPSA) is 81.4 Å². The highest BCUT2D eigenvalue weighted by Gasteiger charge is 2.40. The normalized spacial score (nSPS) is 13.1. The Bertz CT molecular complexity index is 1060. The van der Waals surface area contributed by atoms with Gasteiger partial charge in [0.1, 0.15) is 6.04 Å². The minimum atomic E-state index is -1.98. The fourth-order valence-electron chi connectivity index (χ4n) is 4.39. The molecule has 3 aromatic carbocycles. The molecule has 37 heavy (non-hydrogen) atoms. The van der Waals surface area contributed by atoms with Crippen LogP contribution in [0, 0.1) is 0 Å². The second kappa shape index (κ2) is 11.9. The molecule has 3 N–H and O–H groups in total. The molecule has 3 rings (SSSR count). The Morgan fingerprint density at radius 3 is 1.57 bits per heavy atom. The number of hydrogen-bond donors (Lipinski definition) is 2. The van der Waals surface area contributed by atoms with E-state index in [2.05, 4.69) is 39.2 Å². The molecule has 0 bridgehead atoms. The van der Waals surface area contributed by atoms with E-state index in [0.29, 0.717) is 13.0 Å². The van der Waals surface area contributed by atoms with E-state index >= 15 is 0 Å². The molecule has 1 atom stereocenters. The van der Waals surface area contributed by atoms with Crippen LogP contribution in [-0.2, 0) is 19.4 Å². The number of hydrogen-bond acceptors (Lipinski definition) is 3. The first-order chi connectivity index (χ1) is 17.5. The number of nitrogens with two attached hydrogens (primary N) is 1. The van der Waals surface area contributed by atoms with Gasteiger partial charge in [-0.25, -0.2) is 0 Å². The minimum Gasteiger partial charge on any atom is -0.417 e. The molecule has 0 aliphatic rings. The summed E-state index contributed by atoms with van der Waals surface area (Å²) in [4.78, 5) is 26.0. The summed E-state index contributed by atoms with van der Waals surface area (Å²) >= 11 is 0. The van der Waals surface area contributed by atoms with E-state index in [9.17, 15) is 9.59 Å². The van der Waals surface area contributed by atoms with Crippen LogP contribution in [-0.4, -0.2) is 32.8 Å². The second-order valence-electron chi connectivity index (χ2n) is 11.1. The third kappa shape index (κ3) is 6.76. The molecule has 0 heterocycles. The van der Waals surface area contributed by atoms with E-state index in [-0.39, 0.29) is 17.4 Å². The van der Waals surface area contributed by atoms with Gasteiger partial charge in [-0.2, -0.15) is 0 Å². The standard InChI is InChI=1S/C31H40N2O3Si/c1-30(2,3)37(4,5)36-22-21-27(29(32)35)33-28(34)23-31(24-15-9-6-10-16-24,25-17-11-7-12-18-25)26-19-13-8-14-20-26/h6-20,27H,21-23H2,1-5H3,(H2,32,35)(H,33,34)/t27-/m0/s1. The number of carbonyl (C=O) groups excluding carboxylic acids is 2. The molecule has 196 valence electrons. The highest BCUT2D eigenvalue weighted by atomic mass is 28.4. The van der Waals surface area contributed by atoms with Crippen LogP contribution in [0.5, 0.6) is 0 Å². The zero-order chi connectivity index (χ0) is 27.1. The van der Waals surface area contributed by atoms with Gasteiger partial charge in [-0.3, -0.25) is 9.59 Å². The molecule has 0 aromatic heterocycles. The maximum atomic E-state index is 13.7. The van der Waals surface area contributed by atoms with Crippen LogP contribution in [0.1, 0.15) is 50.3 Å². The van der Waals surface area contributed by atoms with Gasteiger partial charge in [-0.15, -0.1) is 0 Å². The molecular formula is C31H40N2O3Si. The van der Waals surface area contributed by atoms with Gasteiger partial charge < -0.3 is 15.5 Å². The Balaban J connectivity index is 1.91. The Labute approximate surface area is 222 Å². The van der Waals surface area contributed by atoms with Crippen molar-refractivity contribution in [3.05, 3.63) is 108 Å². The summed E-state index contributed by atoms with van der Waals surface area (Å²) in [6.07, 6.45) is 0.459. The zero-order valence-electron chi connectivity index (χ0n) is 22.7. The number of amides is 2. The average molecular weight is 517 g/mol. The van der Waals surface area contributed by atoms with Crippen LogP contribution in [0.25, 0.3) is 0 Å². The van der Waals surface area contributed by atoms with Crippen molar-refractivity contribution in [3.63, 3.8) is 0 Å². The Morgan fingerprint density at radius 1 is 0.811 bits per heavy atom. The van der Waals surface area contributed by atoms with Gasteiger partial charge >= 0.3 is 0 Å². The number of carbonyl (C=O) groups is 2. The van der Waals surface area contributed by atoms with Crippen molar-refractivity contribution >= 4 is 20.1 Å². The van der Waals surface area contributed by atoms with Gasteiger partial charge in [-0.1, -0.05) is 112 Å². The largest absolute Gasteiger partial charge is 0.417 e. The lowest BCUT2D eigenvalue weighted by Gasteiger charge is -2.37. The van der Waals surface area contributed by atoms with Crippen LogP contribution < -0.4 is 11.1 Å². The van der Waals surface area contributed by atoms with Crippen molar-refractivity contribution in [2.24, 2.45) is 5.73 Å². The van der Waals surface area contributed by atoms with Crippen LogP contribution in [0.2, 0.25) is 18.1 Å². The third-order valence-corrected chi connectivity index (χ3v) is 12.1. The molecule has 3 aromatic rings. The summed E-state index contributed by atoms with van der Waals surface area (Å²) in [6, 6.07) is 29.3. The molecule has 6 heteroatoms. The molecule has 0 unspecified atom stereocenters. The van der Waals surface area contributed by atoms with Gasteiger partial charge in [0.2, 0.25) is 11.8 Å². The molecule has 0 saturated heterocycles. The maximum Gasteiger partial charge on any atom is 0.240 e. The second-order valence-corrected chi connectivity index (χ2v) is 15.9. The number of benzene rings is 3. The number of primary amides is 1. The summed E-state index contributed by atoms with van der Waals surface area (Å²) in [5.41, 5.74) is 7.98. The molecule has 5 nitrogen and oxygen atoms in total. The Hall–Kier alpha value is -3.22. The van der Waals surface area contributed by atoms with E-state index in [1.807, 2.05) is 91.0 Å². The maximum absolute atomic E-state index is 13.7. The first-order valence-corrected chi connectivity index (χ1v) is 15.8. The molecular weight excluding hydrogens is 476 g/mol. The van der Waals surface area contributed by atoms with Crippen molar-refractivity contribution in [1.29, 1.82) is 0 Å². The van der Waals surface area contributed by atoms with Gasteiger partial charge in [0.15, 0.2) is 8.32 Å². The highest BCUT2D eigenvalue weighted by Crippen LogP contribution is 2.42. The number of nitrogens with one attached hydrogen (secondary N) is 1. The van der Waals surface area contributed by atoms with E-state index in [1.54, 1.807) is 0 Å². The third-order valence-electron chi connectivity index (χ3n) is 7.58. The number of rotatable bonds is 11. The average Bonchev–Trinajstić information content (AvgIpc) is 2.87. The predicted octanol–water partition coefficient (Wildman–Crippen LogP) is 5.79. The Kier molecular flexibility index (Phi) is 9.10. The smallest absolute Gasteiger partial charge is 0.240 e. The van der Waals surface area contributed by atoms with Gasteiger partial charge in [0.25, 0.3) is 0 Å². The first kappa shape index (κ1) is 28.3. The summed E-state index contributed by atoms with van der Waals surface area (Å²) in [5, 5.41) is 2.98. The summed E-state index contributed by atoms with van der Waals surface area (Å²) in [5.74, 6) is -0.801. The lowest BCUT2D eigenvalue weighted by molar-refractivity contribution is -0.128. The van der Waals surface area contributed by atoms with E-state index in [1.165, 1.54) is 0 Å². The van der Waals surface area contributed by atoms with Gasteiger partial charge in [0.05, 0.1) is 5.41 Å². The fourth-order valence-corrected chi connectivity index (χ4v) is 5.46. The minimum absolute atomic E-state index is 0.0547. The molecule has 0 radical (unpaired) electrons. The lowest BCUT2D eigenvalue weighted by Crippen LogP contribution is -2.48. The molecule has 0 aliphatic carbocycles. The molecule has 0 saturated carbocycles. The highest BCUT2D eigenvalue weighted by molar-refractivity contribution is 6.74. The van der Waals surface area contributed by atoms with Crippen molar-refractivity contribution in [3.8, 4) is 0 Å². The van der Waals surface area contributed by atoms with E-state index in [0.717, 1.165) is 16.7 Å². The van der Waals surface area contributed by atoms with Gasteiger partial charge in [0, 0.05) is 13.0 Å². The van der Waals surface area contributed by atoms with Crippen LogP contribution >= 0.6 is 0 Å². The molecule has 0 spiro atoms. The zero-order valence-corrected chi connectivity index (χ0v) is 23.7. The van der Waals surface area contributed by atoms with Crippen LogP contribution in [0.15, 0.2) is 91.0 Å². The summed E-state index contributed by atoms with van der Waals surface area (Å²) < 4.78 is 6.24. The molecule has 0 fully saturated rings. The van der Waals surface area contributed by atoms with E-state index < -0.39 is 25.7 Å². The van der Waals surface area contributed by atoms with Crippen molar-refractivity contribution in [2.75, 3.05) is 6.61 Å². The van der Waals surface area contributed by atoms with E-state index in [4.69, 9.17) is 10.2 Å².